The number of aryl methyl sites for hydroxylation is 2. The summed E-state index contributed by atoms with van der Waals surface area (Å²) in [4.78, 5) is 2.38. The highest BCUT2D eigenvalue weighted by molar-refractivity contribution is 9.10. The molecule has 0 atom stereocenters. The lowest BCUT2D eigenvalue weighted by Gasteiger charge is -2.21. The molecule has 0 aliphatic rings. The van der Waals surface area contributed by atoms with Crippen LogP contribution in [-0.4, -0.2) is 21.2 Å². The molecular weight excluding hydrogens is 328 g/mol. The molecule has 0 unspecified atom stereocenters. The zero-order chi connectivity index (χ0) is 15.4. The van der Waals surface area contributed by atoms with Gasteiger partial charge in [0.1, 0.15) is 0 Å². The lowest BCUT2D eigenvalue weighted by molar-refractivity contribution is 0.263. The van der Waals surface area contributed by atoms with Crippen LogP contribution in [0.3, 0.4) is 0 Å². The molecule has 1 heterocycles. The third-order valence-corrected chi connectivity index (χ3v) is 4.60. The molecule has 4 nitrogen and oxygen atoms in total. The number of nitrogen functional groups attached to an aromatic ring is 1. The van der Waals surface area contributed by atoms with Gasteiger partial charge in [-0.15, -0.1) is 0 Å². The number of hydrogen-bond donors (Lipinski definition) is 1. The monoisotopic (exact) mass is 350 g/mol. The second kappa shape index (κ2) is 7.09. The van der Waals surface area contributed by atoms with Crippen molar-refractivity contribution in [3.63, 3.8) is 0 Å². The van der Waals surface area contributed by atoms with Gasteiger partial charge in [0, 0.05) is 25.8 Å². The summed E-state index contributed by atoms with van der Waals surface area (Å²) in [6.45, 7) is 7.04. The maximum atomic E-state index is 5.86. The lowest BCUT2D eigenvalue weighted by Crippen LogP contribution is -2.24. The first-order chi connectivity index (χ1) is 10.0. The van der Waals surface area contributed by atoms with Crippen LogP contribution in [-0.2, 0) is 26.6 Å². The third kappa shape index (κ3) is 3.86. The van der Waals surface area contributed by atoms with Crippen LogP contribution < -0.4 is 5.73 Å². The van der Waals surface area contributed by atoms with Crippen molar-refractivity contribution in [1.29, 1.82) is 0 Å². The highest BCUT2D eigenvalue weighted by Gasteiger charge is 2.15. The van der Waals surface area contributed by atoms with Crippen molar-refractivity contribution < 1.29 is 0 Å². The van der Waals surface area contributed by atoms with Gasteiger partial charge >= 0.3 is 0 Å². The highest BCUT2D eigenvalue weighted by atomic mass is 79.9. The van der Waals surface area contributed by atoms with Gasteiger partial charge < -0.3 is 5.73 Å². The van der Waals surface area contributed by atoms with Gasteiger partial charge in [-0.05, 0) is 46.6 Å². The third-order valence-electron chi connectivity index (χ3n) is 3.68. The van der Waals surface area contributed by atoms with Crippen LogP contribution in [0.1, 0.15) is 30.8 Å². The Morgan fingerprint density at radius 2 is 2.05 bits per heavy atom. The zero-order valence-corrected chi connectivity index (χ0v) is 14.5. The molecule has 0 saturated carbocycles. The Morgan fingerprint density at radius 1 is 1.29 bits per heavy atom. The predicted molar refractivity (Wildman–Crippen MR) is 90.9 cm³/mol. The van der Waals surface area contributed by atoms with E-state index in [0.29, 0.717) is 0 Å². The number of nitrogens with zero attached hydrogens (tertiary/aromatic N) is 3. The summed E-state index contributed by atoms with van der Waals surface area (Å²) in [5.74, 6) is 0. The van der Waals surface area contributed by atoms with Crippen molar-refractivity contribution in [2.24, 2.45) is 7.05 Å². The van der Waals surface area contributed by atoms with Gasteiger partial charge in [0.15, 0.2) is 0 Å². The van der Waals surface area contributed by atoms with E-state index in [0.717, 1.165) is 41.9 Å². The van der Waals surface area contributed by atoms with Crippen molar-refractivity contribution in [3.05, 3.63) is 45.7 Å². The molecule has 0 spiro atoms. The molecule has 0 bridgehead atoms. The number of anilines is 1. The Bertz CT molecular complexity index is 606. The van der Waals surface area contributed by atoms with Crippen LogP contribution in [0.4, 0.5) is 5.69 Å². The van der Waals surface area contributed by atoms with E-state index in [1.165, 1.54) is 11.3 Å². The molecule has 0 aliphatic heterocycles. The fourth-order valence-corrected chi connectivity index (χ4v) is 3.17. The van der Waals surface area contributed by atoms with Crippen molar-refractivity contribution >= 4 is 21.6 Å². The summed E-state index contributed by atoms with van der Waals surface area (Å²) in [5.41, 5.74) is 10.3. The molecule has 0 radical (unpaired) electrons. The Labute approximate surface area is 135 Å². The molecule has 1 aromatic heterocycles. The first-order valence-corrected chi connectivity index (χ1v) is 8.11. The van der Waals surface area contributed by atoms with Crippen LogP contribution in [0.15, 0.2) is 28.7 Å². The minimum atomic E-state index is 0.818. The van der Waals surface area contributed by atoms with Crippen LogP contribution in [0.2, 0.25) is 0 Å². The van der Waals surface area contributed by atoms with Gasteiger partial charge in [-0.3, -0.25) is 9.58 Å². The molecule has 0 amide bonds. The minimum absolute atomic E-state index is 0.818. The van der Waals surface area contributed by atoms with Crippen LogP contribution in [0.5, 0.6) is 0 Å². The summed E-state index contributed by atoms with van der Waals surface area (Å²) in [6, 6.07) is 8.09. The van der Waals surface area contributed by atoms with E-state index in [1.54, 1.807) is 0 Å². The summed E-state index contributed by atoms with van der Waals surface area (Å²) >= 11 is 3.69. The van der Waals surface area contributed by atoms with Gasteiger partial charge in [-0.1, -0.05) is 26.0 Å². The Balaban J connectivity index is 2.14. The quantitative estimate of drug-likeness (QED) is 0.812. The molecule has 1 aromatic carbocycles. The topological polar surface area (TPSA) is 47.1 Å². The maximum Gasteiger partial charge on any atom is 0.0767 e. The fraction of sp³-hybridized carbons (Fsp3) is 0.438. The molecular formula is C16H23BrN4. The minimum Gasteiger partial charge on any atom is -0.399 e. The standard InChI is InChI=1S/C16H23BrN4/c1-4-14-16(17)15(20(3)19-14)11-21(5-2)10-12-7-6-8-13(18)9-12/h6-9H,4-5,10-11,18H2,1-3H3. The van der Waals surface area contributed by atoms with Gasteiger partial charge in [0.25, 0.3) is 0 Å². The second-order valence-electron chi connectivity index (χ2n) is 5.23. The summed E-state index contributed by atoms with van der Waals surface area (Å²) in [7, 11) is 2.01. The molecule has 0 saturated heterocycles. The first-order valence-electron chi connectivity index (χ1n) is 7.32. The van der Waals surface area contributed by atoms with Gasteiger partial charge in [0.05, 0.1) is 15.9 Å². The van der Waals surface area contributed by atoms with Crippen molar-refractivity contribution in [3.8, 4) is 0 Å². The van der Waals surface area contributed by atoms with Crippen LogP contribution in [0.25, 0.3) is 0 Å². The van der Waals surface area contributed by atoms with E-state index in [4.69, 9.17) is 5.73 Å². The predicted octanol–water partition coefficient (Wildman–Crippen LogP) is 3.35. The Morgan fingerprint density at radius 3 is 2.62 bits per heavy atom. The molecule has 0 aliphatic carbocycles. The van der Waals surface area contributed by atoms with E-state index in [1.807, 2.05) is 29.9 Å². The molecule has 2 aromatic rings. The van der Waals surface area contributed by atoms with E-state index >= 15 is 0 Å². The lowest BCUT2D eigenvalue weighted by atomic mass is 10.2. The number of nitrogens with two attached hydrogens (primary N) is 1. The summed E-state index contributed by atoms with van der Waals surface area (Å²) < 4.78 is 3.11. The molecule has 0 fully saturated rings. The van der Waals surface area contributed by atoms with E-state index < -0.39 is 0 Å². The maximum absolute atomic E-state index is 5.86. The Kier molecular flexibility index (Phi) is 5.42. The largest absolute Gasteiger partial charge is 0.399 e. The first kappa shape index (κ1) is 16.0. The van der Waals surface area contributed by atoms with Crippen molar-refractivity contribution in [2.45, 2.75) is 33.4 Å². The van der Waals surface area contributed by atoms with Crippen molar-refractivity contribution in [2.75, 3.05) is 12.3 Å². The summed E-state index contributed by atoms with van der Waals surface area (Å²) in [5, 5.41) is 4.56. The molecule has 114 valence electrons. The molecule has 2 rings (SSSR count). The highest BCUT2D eigenvalue weighted by Crippen LogP contribution is 2.23. The molecule has 5 heteroatoms. The van der Waals surface area contributed by atoms with Crippen LogP contribution in [0, 0.1) is 0 Å². The number of rotatable bonds is 6. The van der Waals surface area contributed by atoms with E-state index in [-0.39, 0.29) is 0 Å². The molecule has 2 N–H and O–H groups in total. The summed E-state index contributed by atoms with van der Waals surface area (Å²) in [6.07, 6.45) is 0.940. The van der Waals surface area contributed by atoms with Crippen molar-refractivity contribution in [1.82, 2.24) is 14.7 Å². The number of hydrogen-bond acceptors (Lipinski definition) is 3. The average Bonchev–Trinajstić information content (AvgIpc) is 2.73. The van der Waals surface area contributed by atoms with Gasteiger partial charge in [-0.25, -0.2) is 0 Å². The number of benzene rings is 1. The second-order valence-corrected chi connectivity index (χ2v) is 6.03. The SMILES string of the molecule is CCc1nn(C)c(CN(CC)Cc2cccc(N)c2)c1Br. The zero-order valence-electron chi connectivity index (χ0n) is 12.9. The average molecular weight is 351 g/mol. The van der Waals surface area contributed by atoms with Gasteiger partial charge in [0.2, 0.25) is 0 Å². The number of aromatic nitrogens is 2. The van der Waals surface area contributed by atoms with Crippen LogP contribution >= 0.6 is 15.9 Å². The van der Waals surface area contributed by atoms with E-state index in [9.17, 15) is 0 Å². The fourth-order valence-electron chi connectivity index (χ4n) is 2.43. The Hall–Kier alpha value is -1.33. The normalized spacial score (nSPS) is 11.3. The smallest absolute Gasteiger partial charge is 0.0767 e. The van der Waals surface area contributed by atoms with E-state index in [2.05, 4.69) is 45.8 Å². The molecule has 21 heavy (non-hydrogen) atoms. The number of halogens is 1. The van der Waals surface area contributed by atoms with Gasteiger partial charge in [-0.2, -0.15) is 5.10 Å².